The van der Waals surface area contributed by atoms with Crippen molar-refractivity contribution < 1.29 is 88.7 Å². The van der Waals surface area contributed by atoms with E-state index in [1.807, 2.05) is 0 Å². The molecule has 0 amide bonds. The Morgan fingerprint density at radius 2 is 1.28 bits per heavy atom. The van der Waals surface area contributed by atoms with E-state index in [0.29, 0.717) is 0 Å². The molecule has 25 heavy (non-hydrogen) atoms. The first-order valence-corrected chi connectivity index (χ1v) is 6.15. The van der Waals surface area contributed by atoms with Crippen molar-refractivity contribution in [1.82, 2.24) is 0 Å². The quantitative estimate of drug-likeness (QED) is 0.0768. The van der Waals surface area contributed by atoms with E-state index >= 15 is 0 Å². The van der Waals surface area contributed by atoms with E-state index in [1.165, 1.54) is 0 Å². The molecule has 0 saturated carbocycles. The van der Waals surface area contributed by atoms with Gasteiger partial charge in [0, 0.05) is 9.47 Å². The van der Waals surface area contributed by atoms with Crippen molar-refractivity contribution in [3.8, 4) is 0 Å². The van der Waals surface area contributed by atoms with Crippen LogP contribution in [-0.2, 0) is 42.6 Å². The molecule has 0 saturated heterocycles. The molecule has 0 bridgehead atoms. The average Bonchev–Trinajstić information content (AvgIpc) is 2.51. The van der Waals surface area contributed by atoms with Crippen LogP contribution < -0.4 is 5.02 Å². The Morgan fingerprint density at radius 3 is 1.28 bits per heavy atom. The van der Waals surface area contributed by atoms with Gasteiger partial charge in [0.2, 0.25) is 9.03 Å². The van der Waals surface area contributed by atoms with E-state index in [2.05, 4.69) is 52.0 Å². The fourth-order valence-corrected chi connectivity index (χ4v) is 0.148. The second kappa shape index (κ2) is 50.2. The van der Waals surface area contributed by atoms with Gasteiger partial charge in [-0.2, -0.15) is 14.0 Å². The number of rotatable bonds is 7. The first-order chi connectivity index (χ1) is 11.2. The zero-order chi connectivity index (χ0) is 20.2. The Labute approximate surface area is 171 Å². The van der Waals surface area contributed by atoms with Crippen LogP contribution in [0.4, 0.5) is 0 Å². The second-order valence-corrected chi connectivity index (χ2v) is 2.68. The Balaban J connectivity index is -0.0000000448. The number of hydrogen-bond acceptors (Lipinski definition) is 18. The van der Waals surface area contributed by atoms with Crippen LogP contribution in [0.1, 0.15) is 0 Å². The molecule has 0 aliphatic carbocycles. The van der Waals surface area contributed by atoms with Crippen molar-refractivity contribution in [2.75, 3.05) is 0 Å². The van der Waals surface area contributed by atoms with Crippen LogP contribution >= 0.6 is 28.0 Å². The third kappa shape index (κ3) is 150. The van der Waals surface area contributed by atoms with Gasteiger partial charge in [-0.15, -0.1) is 0 Å². The van der Waals surface area contributed by atoms with Crippen LogP contribution in [0.2, 0.25) is 0 Å². The fourth-order valence-electron chi connectivity index (χ4n) is 0.0494. The molecule has 0 aromatic carbocycles. The van der Waals surface area contributed by atoms with Crippen LogP contribution in [0.25, 0.3) is 0 Å². The van der Waals surface area contributed by atoms with Gasteiger partial charge < -0.3 is 43.0 Å². The molecule has 25 heteroatoms. The summed E-state index contributed by atoms with van der Waals surface area (Å²) >= 11 is 1.69. The minimum Gasteiger partial charge on any atom is -0.832 e. The summed E-state index contributed by atoms with van der Waals surface area (Å²) in [6.45, 7) is 0. The first-order valence-electron chi connectivity index (χ1n) is 3.98. The molecule has 1 atom stereocenters. The minimum absolute atomic E-state index is 0. The molecular weight excluding hydrogens is 454 g/mol. The molecule has 1 unspecified atom stereocenters. The van der Waals surface area contributed by atoms with Crippen molar-refractivity contribution in [1.29, 1.82) is 0 Å². The summed E-state index contributed by atoms with van der Waals surface area (Å²) in [5.74, 6) is 0. The molecule has 0 aliphatic heterocycles. The zero-order valence-corrected chi connectivity index (χ0v) is 17.4. The fraction of sp³-hybridized carbons (Fsp3) is 0. The van der Waals surface area contributed by atoms with Crippen molar-refractivity contribution in [2.45, 2.75) is 0 Å². The van der Waals surface area contributed by atoms with Gasteiger partial charge >= 0.3 is 54.3 Å². The van der Waals surface area contributed by atoms with Gasteiger partial charge in [-0.25, -0.2) is 21.0 Å². The van der Waals surface area contributed by atoms with E-state index < -0.39 is 23.7 Å². The molecular formula is H12AlB2MgO18P3. The van der Waals surface area contributed by atoms with Crippen molar-refractivity contribution in [3.05, 3.63) is 0 Å². The molecule has 0 fully saturated rings. The summed E-state index contributed by atoms with van der Waals surface area (Å²) in [5, 5.41) is 79.6. The molecule has 0 aromatic heterocycles. The van der Waals surface area contributed by atoms with E-state index in [9.17, 15) is 0 Å². The largest absolute Gasteiger partial charge is 2.00 e. The van der Waals surface area contributed by atoms with Crippen LogP contribution in [0.3, 0.4) is 0 Å². The van der Waals surface area contributed by atoms with Crippen molar-refractivity contribution >= 4 is 82.3 Å². The zero-order valence-electron chi connectivity index (χ0n) is 11.7. The summed E-state index contributed by atoms with van der Waals surface area (Å²) in [4.78, 5) is 0. The molecule has 0 rings (SSSR count). The Morgan fingerprint density at radius 1 is 0.960 bits per heavy atom. The number of hydrogen-bond donors (Lipinski definition) is 8. The summed E-state index contributed by atoms with van der Waals surface area (Å²) in [7, 11) is -0.725. The molecule has 8 N–H and O–H groups in total. The topological polar surface area (TPSA) is 268 Å². The predicted molar refractivity (Wildman–Crippen MR) is 78.5 cm³/mol. The average molecular weight is 466 g/mol. The standard InChI is InChI=1S/Al.2BH2O3.Mg.2H3O4P.H2O4P/c;2*2-1(3)4;;1-3-5-4-2;2*1-2-3-4-5/h;2*2-3H;;1-2,5H;1H,5H2;1,5H/q+1;2*-1;+2;;;-1. The maximum Gasteiger partial charge on any atom is 2.00 e. The molecule has 146 valence electrons. The van der Waals surface area contributed by atoms with Crippen LogP contribution in [0.5, 0.6) is 0 Å². The Hall–Kier alpha value is 2.00. The van der Waals surface area contributed by atoms with Gasteiger partial charge in [0.05, 0.1) is 0 Å². The maximum absolute atomic E-state index is 8.64. The van der Waals surface area contributed by atoms with Crippen LogP contribution in [0.15, 0.2) is 0 Å². The van der Waals surface area contributed by atoms with E-state index in [-0.39, 0.29) is 23.1 Å². The molecule has 0 aliphatic rings. The third-order valence-electron chi connectivity index (χ3n) is 0.330. The van der Waals surface area contributed by atoms with Gasteiger partial charge in [0.25, 0.3) is 0 Å². The van der Waals surface area contributed by atoms with Gasteiger partial charge in [-0.1, -0.05) is 5.04 Å². The molecule has 0 heterocycles. The van der Waals surface area contributed by atoms with Crippen molar-refractivity contribution in [2.24, 2.45) is 0 Å². The van der Waals surface area contributed by atoms with Gasteiger partial charge in [0.1, 0.15) is 0 Å². The summed E-state index contributed by atoms with van der Waals surface area (Å²) in [6, 6.07) is 0. The second-order valence-electron chi connectivity index (χ2n) is 1.52. The van der Waals surface area contributed by atoms with Crippen LogP contribution in [-0.4, -0.2) is 95.4 Å². The third-order valence-corrected chi connectivity index (χ3v) is 0.870. The smallest absolute Gasteiger partial charge is 0.832 e. The van der Waals surface area contributed by atoms with Crippen molar-refractivity contribution in [3.63, 3.8) is 0 Å². The SMILES string of the molecule is OB(O)[O][Al].OOOOP.OOOO[PH-].OOPOO.[Mg+2].[O-]B(O)O. The van der Waals surface area contributed by atoms with Gasteiger partial charge in [-0.05, 0) is 15.1 Å². The molecule has 0 aromatic rings. The Kier molecular flexibility index (Phi) is 83.0. The van der Waals surface area contributed by atoms with Crippen LogP contribution in [0, 0.1) is 0 Å². The van der Waals surface area contributed by atoms with E-state index in [1.54, 1.807) is 26.1 Å². The van der Waals surface area contributed by atoms with Gasteiger partial charge in [-0.3, -0.25) is 0 Å². The predicted octanol–water partition coefficient (Wildman–Crippen LogP) is -4.01. The normalized spacial score (nSPS) is 7.64. The minimum atomic E-state index is -2.42. The maximum atomic E-state index is 8.64. The van der Waals surface area contributed by atoms with Gasteiger partial charge in [0.15, 0.2) is 0 Å². The summed E-state index contributed by atoms with van der Waals surface area (Å²) < 4.78 is 17.4. The molecule has 2 radical (unpaired) electrons. The summed E-state index contributed by atoms with van der Waals surface area (Å²) in [5.41, 5.74) is 0. The monoisotopic (exact) mass is 466 g/mol. The summed E-state index contributed by atoms with van der Waals surface area (Å²) in [6.07, 6.45) is 0. The van der Waals surface area contributed by atoms with E-state index in [0.717, 1.165) is 0 Å². The Bertz CT molecular complexity index is 135. The molecule has 0 spiro atoms. The van der Waals surface area contributed by atoms with E-state index in [4.69, 9.17) is 46.1 Å². The first kappa shape index (κ1) is 41.4. The molecule has 18 nitrogen and oxygen atoms in total.